The zero-order valence-electron chi connectivity index (χ0n) is 22.4. The Morgan fingerprint density at radius 1 is 1.05 bits per heavy atom. The molecule has 2 aliphatic rings. The van der Waals surface area contributed by atoms with Crippen molar-refractivity contribution in [1.82, 2.24) is 19.0 Å². The van der Waals surface area contributed by atoms with E-state index >= 15 is 0 Å². The lowest BCUT2D eigenvalue weighted by Crippen LogP contribution is -2.40. The van der Waals surface area contributed by atoms with Gasteiger partial charge in [-0.05, 0) is 36.8 Å². The van der Waals surface area contributed by atoms with Crippen molar-refractivity contribution in [3.63, 3.8) is 0 Å². The van der Waals surface area contributed by atoms with Gasteiger partial charge in [-0.1, -0.05) is 80.5 Å². The molecule has 2 saturated heterocycles. The number of rotatable bonds is 10. The number of carbonyl (C=O) groups is 1. The van der Waals surface area contributed by atoms with Gasteiger partial charge in [-0.25, -0.2) is 13.1 Å². The molecule has 210 valence electrons. The number of sulfonamides is 1. The highest BCUT2D eigenvalue weighted by Crippen LogP contribution is 2.35. The number of thiocarbonyl (C=S) groups is 1. The highest BCUT2D eigenvalue weighted by Gasteiger charge is 2.32. The smallest absolute Gasteiger partial charge is 0.266 e. The average Bonchev–Trinajstić information content (AvgIpc) is 3.52. The van der Waals surface area contributed by atoms with Gasteiger partial charge in [0.2, 0.25) is 10.0 Å². The molecule has 0 atom stereocenters. The lowest BCUT2D eigenvalue weighted by molar-refractivity contribution is -0.122. The van der Waals surface area contributed by atoms with Gasteiger partial charge in [0.25, 0.3) is 5.91 Å². The van der Waals surface area contributed by atoms with Crippen LogP contribution in [0.1, 0.15) is 38.2 Å². The molecule has 0 aliphatic carbocycles. The van der Waals surface area contributed by atoms with Crippen molar-refractivity contribution in [2.24, 2.45) is 0 Å². The second-order valence-corrected chi connectivity index (χ2v) is 13.3. The van der Waals surface area contributed by atoms with Crippen LogP contribution >= 0.6 is 24.0 Å². The van der Waals surface area contributed by atoms with Crippen LogP contribution in [0.5, 0.6) is 0 Å². The van der Waals surface area contributed by atoms with E-state index in [4.69, 9.17) is 22.1 Å². The molecule has 11 heteroatoms. The summed E-state index contributed by atoms with van der Waals surface area (Å²) < 4.78 is 35.8. The van der Waals surface area contributed by atoms with Crippen molar-refractivity contribution >= 4 is 50.3 Å². The van der Waals surface area contributed by atoms with Crippen LogP contribution in [0.25, 0.3) is 23.0 Å². The van der Waals surface area contributed by atoms with Crippen LogP contribution < -0.4 is 0 Å². The van der Waals surface area contributed by atoms with Crippen LogP contribution in [0.3, 0.4) is 0 Å². The monoisotopic (exact) mass is 596 g/mol. The number of nitrogens with zero attached hydrogens (tertiary/aromatic N) is 4. The fraction of sp³-hybridized carbons (Fsp3) is 0.345. The number of carbonyl (C=O) groups excluding carboxylic acids is 1. The first-order valence-electron chi connectivity index (χ1n) is 13.5. The molecule has 0 N–H and O–H groups in total. The molecule has 3 heterocycles. The first-order valence-corrected chi connectivity index (χ1v) is 16.1. The Morgan fingerprint density at radius 3 is 2.58 bits per heavy atom. The number of hydrogen-bond acceptors (Lipinski definition) is 7. The summed E-state index contributed by atoms with van der Waals surface area (Å²) in [5, 5.41) is 4.84. The lowest BCUT2D eigenvalue weighted by Gasteiger charge is -2.26. The van der Waals surface area contributed by atoms with Crippen LogP contribution in [0.2, 0.25) is 0 Å². The number of morpholine rings is 1. The Labute approximate surface area is 245 Å². The van der Waals surface area contributed by atoms with Gasteiger partial charge in [-0.2, -0.15) is 9.40 Å². The molecule has 1 aromatic heterocycles. The van der Waals surface area contributed by atoms with Gasteiger partial charge in [-0.15, -0.1) is 0 Å². The fourth-order valence-corrected chi connectivity index (χ4v) is 7.45. The third-order valence-electron chi connectivity index (χ3n) is 6.87. The molecule has 0 bridgehead atoms. The SMILES string of the molecule is CCCCCCN1C(=O)C(=Cc2cn(-c3ccccc3)nc2-c2cccc(S(=O)(=O)N3CCOCC3)c2)SC1=S. The Kier molecular flexibility index (Phi) is 9.17. The molecule has 0 spiro atoms. The van der Waals surface area contributed by atoms with Gasteiger partial charge >= 0.3 is 0 Å². The van der Waals surface area contributed by atoms with Gasteiger partial charge < -0.3 is 4.74 Å². The zero-order valence-corrected chi connectivity index (χ0v) is 24.8. The normalized spacial score (nSPS) is 17.7. The third kappa shape index (κ3) is 6.23. The van der Waals surface area contributed by atoms with E-state index in [-0.39, 0.29) is 10.8 Å². The number of ether oxygens (including phenoxy) is 1. The molecule has 5 rings (SSSR count). The molecule has 2 fully saturated rings. The maximum Gasteiger partial charge on any atom is 0.266 e. The van der Waals surface area contributed by atoms with Gasteiger partial charge in [0.05, 0.1) is 28.7 Å². The number of hydrogen-bond donors (Lipinski definition) is 0. The van der Waals surface area contributed by atoms with Crippen LogP contribution in [0, 0.1) is 0 Å². The Hall–Kier alpha value is -2.83. The standard InChI is InChI=1S/C29H32N4O4S3/c1-2-3-4-8-14-32-28(34)26(39-29(32)38)20-23-21-33(24-11-6-5-7-12-24)30-27(23)22-10-9-13-25(19-22)40(35,36)31-15-17-37-18-16-31/h5-7,9-13,19-21H,2-4,8,14-18H2,1H3. The summed E-state index contributed by atoms with van der Waals surface area (Å²) in [6.07, 6.45) is 7.91. The van der Waals surface area contributed by atoms with Crippen molar-refractivity contribution in [2.75, 3.05) is 32.8 Å². The molecule has 3 aromatic rings. The molecule has 0 saturated carbocycles. The molecule has 0 radical (unpaired) electrons. The first kappa shape index (κ1) is 28.7. The summed E-state index contributed by atoms with van der Waals surface area (Å²) >= 11 is 6.84. The summed E-state index contributed by atoms with van der Waals surface area (Å²) in [4.78, 5) is 15.7. The third-order valence-corrected chi connectivity index (χ3v) is 10.1. The summed E-state index contributed by atoms with van der Waals surface area (Å²) in [5.41, 5.74) is 2.78. The van der Waals surface area contributed by atoms with Gasteiger partial charge in [0, 0.05) is 37.0 Å². The number of para-hydroxylation sites is 1. The van der Waals surface area contributed by atoms with E-state index in [1.807, 2.05) is 48.7 Å². The van der Waals surface area contributed by atoms with E-state index in [1.165, 1.54) is 16.1 Å². The average molecular weight is 597 g/mol. The number of amides is 1. The molecule has 0 unspecified atom stereocenters. The van der Waals surface area contributed by atoms with E-state index in [0.29, 0.717) is 58.9 Å². The van der Waals surface area contributed by atoms with Gasteiger partial charge in [-0.3, -0.25) is 9.69 Å². The minimum Gasteiger partial charge on any atom is -0.379 e. The minimum atomic E-state index is -3.69. The molecule has 2 aromatic carbocycles. The topological polar surface area (TPSA) is 84.7 Å². The number of thioether (sulfide) groups is 1. The number of aromatic nitrogens is 2. The second-order valence-electron chi connectivity index (χ2n) is 9.65. The summed E-state index contributed by atoms with van der Waals surface area (Å²) in [6, 6.07) is 16.5. The van der Waals surface area contributed by atoms with E-state index in [2.05, 4.69) is 6.92 Å². The lowest BCUT2D eigenvalue weighted by atomic mass is 10.1. The van der Waals surface area contributed by atoms with Crippen molar-refractivity contribution in [3.8, 4) is 16.9 Å². The maximum absolute atomic E-state index is 13.4. The molecule has 8 nitrogen and oxygen atoms in total. The van der Waals surface area contributed by atoms with E-state index in [9.17, 15) is 13.2 Å². The predicted molar refractivity (Wildman–Crippen MR) is 163 cm³/mol. The van der Waals surface area contributed by atoms with Crippen LogP contribution in [-0.4, -0.2) is 70.5 Å². The van der Waals surface area contributed by atoms with Crippen LogP contribution in [-0.2, 0) is 19.6 Å². The highest BCUT2D eigenvalue weighted by atomic mass is 32.2. The molecule has 40 heavy (non-hydrogen) atoms. The number of unbranched alkanes of at least 4 members (excludes halogenated alkanes) is 3. The fourth-order valence-electron chi connectivity index (χ4n) is 4.70. The van der Waals surface area contributed by atoms with Crippen LogP contribution in [0.15, 0.2) is 70.6 Å². The molecule has 1 amide bonds. The maximum atomic E-state index is 13.4. The quantitative estimate of drug-likeness (QED) is 0.177. The largest absolute Gasteiger partial charge is 0.379 e. The predicted octanol–water partition coefficient (Wildman–Crippen LogP) is 5.34. The second kappa shape index (κ2) is 12.8. The molecular formula is C29H32N4O4S3. The van der Waals surface area contributed by atoms with E-state index < -0.39 is 10.0 Å². The first-order chi connectivity index (χ1) is 19.4. The Balaban J connectivity index is 1.51. The van der Waals surface area contributed by atoms with E-state index in [1.54, 1.807) is 27.8 Å². The van der Waals surface area contributed by atoms with Crippen molar-refractivity contribution in [2.45, 2.75) is 37.5 Å². The highest BCUT2D eigenvalue weighted by molar-refractivity contribution is 8.26. The Morgan fingerprint density at radius 2 is 1.82 bits per heavy atom. The molecule has 2 aliphatic heterocycles. The van der Waals surface area contributed by atoms with Crippen molar-refractivity contribution < 1.29 is 17.9 Å². The molecular weight excluding hydrogens is 565 g/mol. The van der Waals surface area contributed by atoms with Crippen molar-refractivity contribution in [1.29, 1.82) is 0 Å². The Bertz CT molecular complexity index is 1510. The van der Waals surface area contributed by atoms with Crippen LogP contribution in [0.4, 0.5) is 0 Å². The summed E-state index contributed by atoms with van der Waals surface area (Å²) in [5.74, 6) is -0.103. The zero-order chi connectivity index (χ0) is 28.1. The van der Waals surface area contributed by atoms with Gasteiger partial charge in [0.15, 0.2) is 0 Å². The van der Waals surface area contributed by atoms with Crippen molar-refractivity contribution in [3.05, 3.63) is 71.3 Å². The van der Waals surface area contributed by atoms with E-state index in [0.717, 1.165) is 31.4 Å². The van der Waals surface area contributed by atoms with Gasteiger partial charge in [0.1, 0.15) is 10.0 Å². The summed E-state index contributed by atoms with van der Waals surface area (Å²) in [6.45, 7) is 4.16. The summed E-state index contributed by atoms with van der Waals surface area (Å²) in [7, 11) is -3.69. The minimum absolute atomic E-state index is 0.103. The number of benzene rings is 2.